The Bertz CT molecular complexity index is 1400. The van der Waals surface area contributed by atoms with E-state index in [0.717, 1.165) is 61.5 Å². The molecule has 0 radical (unpaired) electrons. The molecule has 6 nitrogen and oxygen atoms in total. The Balaban J connectivity index is 1.43. The molecule has 208 valence electrons. The summed E-state index contributed by atoms with van der Waals surface area (Å²) in [6.07, 6.45) is 6.29. The maximum atomic E-state index is 14.0. The zero-order valence-corrected chi connectivity index (χ0v) is 23.8. The van der Waals surface area contributed by atoms with Crippen molar-refractivity contribution in [2.75, 3.05) is 6.54 Å². The Morgan fingerprint density at radius 2 is 1.97 bits per heavy atom. The number of carbonyl (C=O) groups excluding carboxylic acids is 1. The van der Waals surface area contributed by atoms with Crippen LogP contribution in [0.4, 0.5) is 0 Å². The minimum absolute atomic E-state index is 0.0458. The quantitative estimate of drug-likeness (QED) is 0.328. The number of rotatable bonds is 7. The van der Waals surface area contributed by atoms with Gasteiger partial charge in [-0.05, 0) is 81.3 Å². The topological polar surface area (TPSA) is 80.0 Å². The van der Waals surface area contributed by atoms with Crippen molar-refractivity contribution < 1.29 is 19.1 Å². The summed E-state index contributed by atoms with van der Waals surface area (Å²) >= 11 is 6.18. The number of aryl methyl sites for hydroxylation is 2. The SMILES string of the molecule is CCCCc1cc(=O)oc2c(C)c(O[C@H](C)C(=O)N3CC[C@@]4(O)CCCC[C@H]4[C@@H]3c3ccc(Cl)cc3)ccc12. The summed E-state index contributed by atoms with van der Waals surface area (Å²) in [6, 6.07) is 12.7. The van der Waals surface area contributed by atoms with E-state index in [2.05, 4.69) is 6.92 Å². The summed E-state index contributed by atoms with van der Waals surface area (Å²) < 4.78 is 11.9. The van der Waals surface area contributed by atoms with Crippen LogP contribution in [0.3, 0.4) is 0 Å². The van der Waals surface area contributed by atoms with E-state index in [1.54, 1.807) is 13.0 Å². The van der Waals surface area contributed by atoms with Gasteiger partial charge < -0.3 is 19.2 Å². The molecule has 7 heteroatoms. The molecule has 2 aromatic carbocycles. The lowest BCUT2D eigenvalue weighted by atomic mass is 9.66. The average Bonchev–Trinajstić information content (AvgIpc) is 2.92. The van der Waals surface area contributed by atoms with Crippen molar-refractivity contribution >= 4 is 28.5 Å². The number of hydrogen-bond acceptors (Lipinski definition) is 5. The predicted molar refractivity (Wildman–Crippen MR) is 153 cm³/mol. The molecular formula is C32H38ClNO5. The van der Waals surface area contributed by atoms with Crippen molar-refractivity contribution in [1.82, 2.24) is 4.90 Å². The average molecular weight is 552 g/mol. The van der Waals surface area contributed by atoms with Gasteiger partial charge in [0.15, 0.2) is 6.10 Å². The standard InChI is InChI=1S/C32H38ClNO5/c1-4-5-8-23-19-28(35)39-30-20(2)27(15-14-25(23)30)38-21(3)31(36)34-18-17-32(37)16-7-6-9-26(32)29(34)22-10-12-24(33)13-11-22/h10-15,19,21,26,29,37H,4-9,16-18H2,1-3H3/t21-,26+,29+,32+/m1/s1. The van der Waals surface area contributed by atoms with Gasteiger partial charge in [0.25, 0.3) is 5.91 Å². The number of halogens is 1. The molecular weight excluding hydrogens is 514 g/mol. The summed E-state index contributed by atoms with van der Waals surface area (Å²) in [6.45, 7) is 6.21. The molecule has 5 rings (SSSR count). The van der Waals surface area contributed by atoms with Gasteiger partial charge in [0.05, 0.1) is 11.6 Å². The van der Waals surface area contributed by atoms with Crippen LogP contribution in [0.2, 0.25) is 5.02 Å². The van der Waals surface area contributed by atoms with E-state index in [1.165, 1.54) is 0 Å². The Hall–Kier alpha value is -2.83. The number of unbranched alkanes of at least 4 members (excludes halogenated alkanes) is 1. The van der Waals surface area contributed by atoms with Gasteiger partial charge in [0, 0.05) is 34.5 Å². The molecule has 1 aromatic heterocycles. The van der Waals surface area contributed by atoms with Gasteiger partial charge >= 0.3 is 5.63 Å². The maximum Gasteiger partial charge on any atom is 0.336 e. The van der Waals surface area contributed by atoms with Gasteiger partial charge in [-0.1, -0.05) is 49.9 Å². The molecule has 1 amide bonds. The van der Waals surface area contributed by atoms with Gasteiger partial charge in [-0.15, -0.1) is 0 Å². The predicted octanol–water partition coefficient (Wildman–Crippen LogP) is 6.76. The zero-order chi connectivity index (χ0) is 27.7. The zero-order valence-electron chi connectivity index (χ0n) is 23.0. The smallest absolute Gasteiger partial charge is 0.336 e. The molecule has 1 N–H and O–H groups in total. The van der Waals surface area contributed by atoms with Gasteiger partial charge in [0.2, 0.25) is 0 Å². The highest BCUT2D eigenvalue weighted by atomic mass is 35.5. The van der Waals surface area contributed by atoms with E-state index < -0.39 is 11.7 Å². The number of fused-ring (bicyclic) bond motifs is 2. The van der Waals surface area contributed by atoms with Crippen LogP contribution in [0.15, 0.2) is 51.7 Å². The number of nitrogens with zero attached hydrogens (tertiary/aromatic N) is 1. The molecule has 2 fully saturated rings. The fourth-order valence-electron chi connectivity index (χ4n) is 6.59. The third kappa shape index (κ3) is 5.46. The van der Waals surface area contributed by atoms with Crippen molar-refractivity contribution in [3.63, 3.8) is 0 Å². The van der Waals surface area contributed by atoms with Crippen LogP contribution < -0.4 is 10.4 Å². The number of aliphatic hydroxyl groups is 1. The first-order valence-electron chi connectivity index (χ1n) is 14.2. The minimum atomic E-state index is -0.772. The molecule has 39 heavy (non-hydrogen) atoms. The van der Waals surface area contributed by atoms with E-state index in [-0.39, 0.29) is 23.5 Å². The van der Waals surface area contributed by atoms with Crippen LogP contribution >= 0.6 is 11.6 Å². The second-order valence-electron chi connectivity index (χ2n) is 11.3. The Morgan fingerprint density at radius 1 is 1.21 bits per heavy atom. The van der Waals surface area contributed by atoms with E-state index in [9.17, 15) is 14.7 Å². The molecule has 1 aliphatic carbocycles. The molecule has 2 aliphatic rings. The highest BCUT2D eigenvalue weighted by Gasteiger charge is 2.50. The highest BCUT2D eigenvalue weighted by Crippen LogP contribution is 2.49. The summed E-state index contributed by atoms with van der Waals surface area (Å²) in [5, 5.41) is 13.1. The molecule has 0 bridgehead atoms. The molecule has 3 aromatic rings. The number of hydrogen-bond donors (Lipinski definition) is 1. The third-order valence-corrected chi connectivity index (χ3v) is 8.96. The van der Waals surface area contributed by atoms with Crippen molar-refractivity contribution in [3.8, 4) is 5.75 Å². The fourth-order valence-corrected chi connectivity index (χ4v) is 6.71. The fraction of sp³-hybridized carbons (Fsp3) is 0.500. The summed E-state index contributed by atoms with van der Waals surface area (Å²) in [5.41, 5.74) is 2.02. The molecule has 0 spiro atoms. The Kier molecular flexibility index (Phi) is 8.06. The lowest BCUT2D eigenvalue weighted by Crippen LogP contribution is -2.58. The largest absolute Gasteiger partial charge is 0.480 e. The summed E-state index contributed by atoms with van der Waals surface area (Å²) in [7, 11) is 0. The Labute approximate surface area is 234 Å². The second kappa shape index (κ2) is 11.3. The van der Waals surface area contributed by atoms with Crippen LogP contribution in [0.25, 0.3) is 11.0 Å². The number of ether oxygens (including phenoxy) is 1. The number of piperidine rings is 1. The summed E-state index contributed by atoms with van der Waals surface area (Å²) in [5.74, 6) is 0.351. The van der Waals surface area contributed by atoms with Crippen LogP contribution in [0.1, 0.15) is 81.5 Å². The van der Waals surface area contributed by atoms with Crippen LogP contribution in [0, 0.1) is 12.8 Å². The van der Waals surface area contributed by atoms with E-state index >= 15 is 0 Å². The molecule has 1 saturated heterocycles. The Morgan fingerprint density at radius 3 is 2.72 bits per heavy atom. The normalized spacial score (nSPS) is 23.9. The molecule has 1 saturated carbocycles. The molecule has 0 unspecified atom stereocenters. The third-order valence-electron chi connectivity index (χ3n) is 8.71. The highest BCUT2D eigenvalue weighted by molar-refractivity contribution is 6.30. The van der Waals surface area contributed by atoms with Crippen molar-refractivity contribution in [2.45, 2.75) is 89.9 Å². The van der Waals surface area contributed by atoms with E-state index in [4.69, 9.17) is 20.8 Å². The van der Waals surface area contributed by atoms with Crippen molar-refractivity contribution in [2.24, 2.45) is 5.92 Å². The van der Waals surface area contributed by atoms with Crippen molar-refractivity contribution in [1.29, 1.82) is 0 Å². The first kappa shape index (κ1) is 27.7. The van der Waals surface area contributed by atoms with Gasteiger partial charge in [0.1, 0.15) is 11.3 Å². The first-order valence-corrected chi connectivity index (χ1v) is 14.6. The van der Waals surface area contributed by atoms with Gasteiger partial charge in [-0.2, -0.15) is 0 Å². The van der Waals surface area contributed by atoms with Crippen LogP contribution in [0.5, 0.6) is 5.75 Å². The van der Waals surface area contributed by atoms with Crippen LogP contribution in [-0.4, -0.2) is 34.2 Å². The number of likely N-dealkylation sites (tertiary alicyclic amines) is 1. The number of benzene rings is 2. The second-order valence-corrected chi connectivity index (χ2v) is 11.7. The molecule has 2 heterocycles. The lowest BCUT2D eigenvalue weighted by molar-refractivity contribution is -0.161. The minimum Gasteiger partial charge on any atom is -0.480 e. The van der Waals surface area contributed by atoms with Crippen LogP contribution in [-0.2, 0) is 11.2 Å². The number of carbonyl (C=O) groups is 1. The maximum absolute atomic E-state index is 14.0. The van der Waals surface area contributed by atoms with E-state index in [1.807, 2.05) is 48.2 Å². The van der Waals surface area contributed by atoms with Gasteiger partial charge in [-0.25, -0.2) is 4.79 Å². The summed E-state index contributed by atoms with van der Waals surface area (Å²) in [4.78, 5) is 28.1. The van der Waals surface area contributed by atoms with E-state index in [0.29, 0.717) is 34.9 Å². The number of amides is 1. The lowest BCUT2D eigenvalue weighted by Gasteiger charge is -2.53. The molecule has 4 atom stereocenters. The molecule has 1 aliphatic heterocycles. The first-order chi connectivity index (χ1) is 18.7. The van der Waals surface area contributed by atoms with Gasteiger partial charge in [-0.3, -0.25) is 4.79 Å². The monoisotopic (exact) mass is 551 g/mol. The van der Waals surface area contributed by atoms with Crippen molar-refractivity contribution in [3.05, 3.63) is 74.6 Å².